The highest BCUT2D eigenvalue weighted by Crippen LogP contribution is 2.15. The maximum Gasteiger partial charge on any atom is 0.274 e. The van der Waals surface area contributed by atoms with Gasteiger partial charge < -0.3 is 9.72 Å². The molecule has 86 valence electrons. The second-order valence-corrected chi connectivity index (χ2v) is 3.70. The number of hydrogen-bond donors (Lipinski definition) is 1. The van der Waals surface area contributed by atoms with Gasteiger partial charge in [-0.25, -0.2) is 4.98 Å². The van der Waals surface area contributed by atoms with Crippen LogP contribution in [0.15, 0.2) is 23.1 Å². The van der Waals surface area contributed by atoms with E-state index in [-0.39, 0.29) is 5.56 Å². The summed E-state index contributed by atoms with van der Waals surface area (Å²) in [5.74, 6) is 1.22. The number of aromatic nitrogens is 4. The average Bonchev–Trinajstić information content (AvgIpc) is 2.72. The lowest BCUT2D eigenvalue weighted by atomic mass is 10.4. The fraction of sp³-hybridized carbons (Fsp3) is 0.182. The Kier molecular flexibility index (Phi) is 1.91. The van der Waals surface area contributed by atoms with Crippen LogP contribution >= 0.6 is 0 Å². The molecule has 17 heavy (non-hydrogen) atoms. The van der Waals surface area contributed by atoms with E-state index in [1.54, 1.807) is 23.6 Å². The first kappa shape index (κ1) is 9.83. The van der Waals surface area contributed by atoms with E-state index < -0.39 is 0 Å². The number of methoxy groups -OCH3 is 1. The van der Waals surface area contributed by atoms with Crippen LogP contribution in [0.3, 0.4) is 0 Å². The van der Waals surface area contributed by atoms with Crippen molar-refractivity contribution in [2.45, 2.75) is 6.92 Å². The van der Waals surface area contributed by atoms with Crippen LogP contribution in [0.5, 0.6) is 5.88 Å². The summed E-state index contributed by atoms with van der Waals surface area (Å²) in [5, 5.41) is 0. The Bertz CT molecular complexity index is 772. The summed E-state index contributed by atoms with van der Waals surface area (Å²) in [7, 11) is 1.55. The lowest BCUT2D eigenvalue weighted by molar-refractivity contribution is 0.399. The summed E-state index contributed by atoms with van der Waals surface area (Å²) < 4.78 is 6.80. The minimum Gasteiger partial charge on any atom is -0.481 e. The lowest BCUT2D eigenvalue weighted by Crippen LogP contribution is -2.11. The number of hydrogen-bond acceptors (Lipinski definition) is 4. The highest BCUT2D eigenvalue weighted by Gasteiger charge is 2.09. The van der Waals surface area contributed by atoms with Gasteiger partial charge in [-0.05, 0) is 13.0 Å². The summed E-state index contributed by atoms with van der Waals surface area (Å²) in [6, 6.07) is 3.47. The molecule has 0 fully saturated rings. The van der Waals surface area contributed by atoms with Gasteiger partial charge in [0.25, 0.3) is 5.56 Å². The smallest absolute Gasteiger partial charge is 0.274 e. The molecule has 0 bridgehead atoms. The summed E-state index contributed by atoms with van der Waals surface area (Å²) in [5.41, 5.74) is 1.60. The molecule has 0 saturated heterocycles. The molecule has 0 aliphatic rings. The molecule has 0 radical (unpaired) electrons. The molecule has 0 spiro atoms. The Morgan fingerprint density at radius 1 is 1.41 bits per heavy atom. The first-order chi connectivity index (χ1) is 8.20. The average molecular weight is 230 g/mol. The van der Waals surface area contributed by atoms with Gasteiger partial charge in [0.15, 0.2) is 5.65 Å². The van der Waals surface area contributed by atoms with Crippen LogP contribution in [0, 0.1) is 6.92 Å². The van der Waals surface area contributed by atoms with Gasteiger partial charge in [0, 0.05) is 6.07 Å². The zero-order valence-corrected chi connectivity index (χ0v) is 9.39. The van der Waals surface area contributed by atoms with Crippen LogP contribution in [-0.4, -0.2) is 26.5 Å². The van der Waals surface area contributed by atoms with Gasteiger partial charge in [-0.3, -0.25) is 9.20 Å². The summed E-state index contributed by atoms with van der Waals surface area (Å²) in [6.45, 7) is 1.83. The van der Waals surface area contributed by atoms with Gasteiger partial charge in [-0.15, -0.1) is 0 Å². The monoisotopic (exact) mass is 230 g/mol. The van der Waals surface area contributed by atoms with Crippen LogP contribution in [0.4, 0.5) is 0 Å². The van der Waals surface area contributed by atoms with E-state index in [0.29, 0.717) is 22.6 Å². The van der Waals surface area contributed by atoms with Crippen molar-refractivity contribution in [1.29, 1.82) is 0 Å². The van der Waals surface area contributed by atoms with Crippen molar-refractivity contribution in [1.82, 2.24) is 19.4 Å². The number of H-pyrrole nitrogens is 1. The number of rotatable bonds is 1. The fourth-order valence-corrected chi connectivity index (χ4v) is 1.87. The van der Waals surface area contributed by atoms with Crippen molar-refractivity contribution in [3.05, 3.63) is 34.5 Å². The van der Waals surface area contributed by atoms with Crippen molar-refractivity contribution in [3.63, 3.8) is 0 Å². The highest BCUT2D eigenvalue weighted by molar-refractivity contribution is 5.74. The molecule has 3 heterocycles. The Hall–Kier alpha value is -2.37. The van der Waals surface area contributed by atoms with Crippen molar-refractivity contribution < 1.29 is 4.74 Å². The third kappa shape index (κ3) is 1.30. The molecule has 0 aliphatic carbocycles. The van der Waals surface area contributed by atoms with E-state index in [2.05, 4.69) is 15.0 Å². The quantitative estimate of drug-likeness (QED) is 0.673. The van der Waals surface area contributed by atoms with Crippen LogP contribution in [0.1, 0.15) is 5.82 Å². The molecule has 3 rings (SSSR count). The van der Waals surface area contributed by atoms with Crippen LogP contribution in [0.25, 0.3) is 16.7 Å². The number of fused-ring (bicyclic) bond motifs is 3. The summed E-state index contributed by atoms with van der Waals surface area (Å²) >= 11 is 0. The molecular weight excluding hydrogens is 220 g/mol. The molecule has 3 aromatic rings. The molecule has 0 aliphatic heterocycles. The topological polar surface area (TPSA) is 72.3 Å². The second-order valence-electron chi connectivity index (χ2n) is 3.70. The number of imidazole rings is 1. The van der Waals surface area contributed by atoms with Crippen molar-refractivity contribution >= 4 is 16.7 Å². The van der Waals surface area contributed by atoms with Gasteiger partial charge in [-0.2, -0.15) is 4.98 Å². The van der Waals surface area contributed by atoms with E-state index in [4.69, 9.17) is 4.74 Å². The second kappa shape index (κ2) is 3.31. The molecule has 3 aromatic heterocycles. The van der Waals surface area contributed by atoms with Crippen molar-refractivity contribution in [2.75, 3.05) is 7.11 Å². The van der Waals surface area contributed by atoms with E-state index in [0.717, 1.165) is 5.82 Å². The predicted molar refractivity (Wildman–Crippen MR) is 62.4 cm³/mol. The Balaban J connectivity index is 2.59. The van der Waals surface area contributed by atoms with E-state index in [9.17, 15) is 4.79 Å². The van der Waals surface area contributed by atoms with Crippen molar-refractivity contribution in [3.8, 4) is 5.88 Å². The number of aromatic amines is 1. The number of nitrogens with zero attached hydrogens (tertiary/aromatic N) is 3. The Morgan fingerprint density at radius 3 is 3.00 bits per heavy atom. The zero-order valence-electron chi connectivity index (χ0n) is 9.39. The first-order valence-corrected chi connectivity index (χ1v) is 5.12. The maximum absolute atomic E-state index is 11.8. The van der Waals surface area contributed by atoms with E-state index in [1.165, 1.54) is 6.20 Å². The third-order valence-electron chi connectivity index (χ3n) is 2.69. The molecule has 0 unspecified atom stereocenters. The fourth-order valence-electron chi connectivity index (χ4n) is 1.87. The zero-order chi connectivity index (χ0) is 12.0. The normalized spacial score (nSPS) is 11.2. The molecule has 0 atom stereocenters. The van der Waals surface area contributed by atoms with Gasteiger partial charge in [-0.1, -0.05) is 0 Å². The lowest BCUT2D eigenvalue weighted by Gasteiger charge is -2.04. The maximum atomic E-state index is 11.8. The predicted octanol–water partition coefficient (Wildman–Crippen LogP) is 0.888. The van der Waals surface area contributed by atoms with Gasteiger partial charge >= 0.3 is 0 Å². The van der Waals surface area contributed by atoms with E-state index >= 15 is 0 Å². The van der Waals surface area contributed by atoms with Crippen LogP contribution in [-0.2, 0) is 0 Å². The third-order valence-corrected chi connectivity index (χ3v) is 2.69. The van der Waals surface area contributed by atoms with Crippen LogP contribution in [0.2, 0.25) is 0 Å². The largest absolute Gasteiger partial charge is 0.481 e. The number of pyridine rings is 1. The molecule has 1 N–H and O–H groups in total. The minimum atomic E-state index is -0.176. The number of ether oxygens (including phenoxy) is 1. The SMILES string of the molecule is COc1ccc2[nH]c(=O)c3cnc(C)n3c2n1. The highest BCUT2D eigenvalue weighted by atomic mass is 16.5. The molecule has 0 amide bonds. The number of nitrogens with one attached hydrogen (secondary N) is 1. The Morgan fingerprint density at radius 2 is 2.24 bits per heavy atom. The Labute approximate surface area is 95.9 Å². The van der Waals surface area contributed by atoms with E-state index in [1.807, 2.05) is 6.92 Å². The molecule has 0 saturated carbocycles. The minimum absolute atomic E-state index is 0.176. The number of aryl methyl sites for hydroxylation is 1. The molecule has 6 nitrogen and oxygen atoms in total. The van der Waals surface area contributed by atoms with Gasteiger partial charge in [0.2, 0.25) is 5.88 Å². The van der Waals surface area contributed by atoms with Crippen molar-refractivity contribution in [2.24, 2.45) is 0 Å². The molecular formula is C11H10N4O2. The summed E-state index contributed by atoms with van der Waals surface area (Å²) in [4.78, 5) is 23.0. The molecule has 0 aromatic carbocycles. The molecule has 6 heteroatoms. The van der Waals surface area contributed by atoms with Crippen LogP contribution < -0.4 is 10.3 Å². The van der Waals surface area contributed by atoms with Gasteiger partial charge in [0.1, 0.15) is 11.3 Å². The summed E-state index contributed by atoms with van der Waals surface area (Å²) in [6.07, 6.45) is 1.54. The first-order valence-electron chi connectivity index (χ1n) is 5.12. The van der Waals surface area contributed by atoms with Gasteiger partial charge in [0.05, 0.1) is 18.8 Å². The standard InChI is InChI=1S/C11H10N4O2/c1-6-12-5-8-11(16)13-7-3-4-9(17-2)14-10(7)15(6)8/h3-5H,1-2H3,(H,13,16).